The van der Waals surface area contributed by atoms with E-state index in [0.29, 0.717) is 18.0 Å². The van der Waals surface area contributed by atoms with Gasteiger partial charge in [-0.3, -0.25) is 14.6 Å². The number of benzene rings is 1. The third kappa shape index (κ3) is 4.96. The second kappa shape index (κ2) is 9.69. The van der Waals surface area contributed by atoms with Gasteiger partial charge in [-0.15, -0.1) is 0 Å². The topological polar surface area (TPSA) is 97.4 Å². The van der Waals surface area contributed by atoms with Gasteiger partial charge in [0.05, 0.1) is 11.1 Å². The quantitative estimate of drug-likeness (QED) is 0.683. The summed E-state index contributed by atoms with van der Waals surface area (Å²) < 4.78 is 5.35. The molecule has 30 heavy (non-hydrogen) atoms. The van der Waals surface area contributed by atoms with Gasteiger partial charge in [-0.25, -0.2) is 4.79 Å². The molecule has 2 atom stereocenters. The van der Waals surface area contributed by atoms with Gasteiger partial charge in [0.15, 0.2) is 6.61 Å². The summed E-state index contributed by atoms with van der Waals surface area (Å²) >= 11 is 0. The van der Waals surface area contributed by atoms with Crippen molar-refractivity contribution in [1.82, 2.24) is 15.6 Å². The lowest BCUT2D eigenvalue weighted by atomic mass is 9.84. The Hall–Kier alpha value is -2.96. The van der Waals surface area contributed by atoms with E-state index in [4.69, 9.17) is 9.72 Å². The van der Waals surface area contributed by atoms with Crippen molar-refractivity contribution in [2.75, 3.05) is 13.2 Å². The van der Waals surface area contributed by atoms with E-state index in [2.05, 4.69) is 17.6 Å². The Bertz CT molecular complexity index is 957. The van der Waals surface area contributed by atoms with E-state index in [1.54, 1.807) is 6.92 Å². The van der Waals surface area contributed by atoms with Crippen molar-refractivity contribution in [3.05, 3.63) is 41.1 Å². The first kappa shape index (κ1) is 21.7. The van der Waals surface area contributed by atoms with Crippen molar-refractivity contribution in [3.63, 3.8) is 0 Å². The highest BCUT2D eigenvalue weighted by Crippen LogP contribution is 2.31. The number of pyridine rings is 1. The molecule has 3 rings (SSSR count). The molecule has 2 amide bonds. The maximum absolute atomic E-state index is 13.0. The number of nitrogens with zero attached hydrogens (tertiary/aromatic N) is 1. The van der Waals surface area contributed by atoms with Crippen LogP contribution >= 0.6 is 0 Å². The lowest BCUT2D eigenvalue weighted by Gasteiger charge is -2.24. The van der Waals surface area contributed by atoms with Crippen LogP contribution in [0.15, 0.2) is 24.3 Å². The van der Waals surface area contributed by atoms with Crippen LogP contribution in [0.4, 0.5) is 0 Å². The van der Waals surface area contributed by atoms with E-state index >= 15 is 0 Å². The number of para-hydroxylation sites is 1. The number of fused-ring (bicyclic) bond motifs is 2. The first-order valence-electron chi connectivity index (χ1n) is 10.5. The zero-order valence-corrected chi connectivity index (χ0v) is 17.8. The Morgan fingerprint density at radius 1 is 1.27 bits per heavy atom. The second-order valence-electron chi connectivity index (χ2n) is 7.93. The van der Waals surface area contributed by atoms with Gasteiger partial charge in [-0.1, -0.05) is 32.0 Å². The summed E-state index contributed by atoms with van der Waals surface area (Å²) in [5.41, 5.74) is 3.11. The number of amides is 2. The van der Waals surface area contributed by atoms with Crippen molar-refractivity contribution < 1.29 is 19.1 Å². The standard InChI is InChI=1S/C23H29N3O4/c1-4-11-24-22(28)15(3)25-20(27)13-30-23(29)21-16-7-5-6-8-18(16)26-19-10-9-14(2)12-17(19)21/h5-8,14-15H,4,9-13H2,1-3H3,(H,24,28)(H,25,27)/t14-,15-/m1/s1. The molecule has 2 N–H and O–H groups in total. The second-order valence-corrected chi connectivity index (χ2v) is 7.93. The van der Waals surface area contributed by atoms with Crippen LogP contribution in [0, 0.1) is 5.92 Å². The lowest BCUT2D eigenvalue weighted by Crippen LogP contribution is -2.46. The van der Waals surface area contributed by atoms with Crippen LogP contribution in [-0.2, 0) is 27.2 Å². The van der Waals surface area contributed by atoms with Crippen molar-refractivity contribution in [2.24, 2.45) is 5.92 Å². The fourth-order valence-corrected chi connectivity index (χ4v) is 3.75. The molecule has 0 bridgehead atoms. The highest BCUT2D eigenvalue weighted by Gasteiger charge is 2.26. The Balaban J connectivity index is 1.73. The molecule has 2 aromatic rings. The van der Waals surface area contributed by atoms with Gasteiger partial charge < -0.3 is 15.4 Å². The van der Waals surface area contributed by atoms with Gasteiger partial charge in [0, 0.05) is 17.6 Å². The van der Waals surface area contributed by atoms with Gasteiger partial charge >= 0.3 is 5.97 Å². The van der Waals surface area contributed by atoms with Crippen molar-refractivity contribution >= 4 is 28.7 Å². The first-order chi connectivity index (χ1) is 14.4. The maximum Gasteiger partial charge on any atom is 0.339 e. The minimum absolute atomic E-state index is 0.264. The molecule has 160 valence electrons. The molecule has 1 aromatic carbocycles. The Labute approximate surface area is 176 Å². The predicted molar refractivity (Wildman–Crippen MR) is 114 cm³/mol. The molecule has 1 aliphatic carbocycles. The Morgan fingerprint density at radius 3 is 2.80 bits per heavy atom. The van der Waals surface area contributed by atoms with Gasteiger partial charge in [0.1, 0.15) is 6.04 Å². The van der Waals surface area contributed by atoms with Gasteiger partial charge in [0.2, 0.25) is 5.91 Å². The number of esters is 1. The Morgan fingerprint density at radius 2 is 2.03 bits per heavy atom. The van der Waals surface area contributed by atoms with Crippen LogP contribution in [0.3, 0.4) is 0 Å². The van der Waals surface area contributed by atoms with Crippen LogP contribution in [-0.4, -0.2) is 42.0 Å². The minimum atomic E-state index is -0.696. The zero-order chi connectivity index (χ0) is 21.7. The van der Waals surface area contributed by atoms with E-state index in [-0.39, 0.29) is 5.91 Å². The first-order valence-corrected chi connectivity index (χ1v) is 10.5. The van der Waals surface area contributed by atoms with E-state index in [1.165, 1.54) is 0 Å². The molecule has 0 spiro atoms. The molecule has 0 radical (unpaired) electrons. The Kier molecular flexibility index (Phi) is 7.03. The molecule has 1 aromatic heterocycles. The summed E-state index contributed by atoms with van der Waals surface area (Å²) in [6, 6.07) is 6.80. The summed E-state index contributed by atoms with van der Waals surface area (Å²) in [5, 5.41) is 6.02. The SMILES string of the molecule is CCCNC(=O)[C@@H](C)NC(=O)COC(=O)c1c2c(nc3ccccc13)CC[C@@H](C)C2. The van der Waals surface area contributed by atoms with Crippen LogP contribution in [0.1, 0.15) is 55.2 Å². The van der Waals surface area contributed by atoms with E-state index < -0.39 is 24.5 Å². The number of aromatic nitrogens is 1. The normalized spacial score (nSPS) is 16.4. The highest BCUT2D eigenvalue weighted by molar-refractivity contribution is 6.05. The average molecular weight is 412 g/mol. The molecular formula is C23H29N3O4. The number of carbonyl (C=O) groups is 3. The maximum atomic E-state index is 13.0. The number of nitrogens with one attached hydrogen (secondary N) is 2. The van der Waals surface area contributed by atoms with Gasteiger partial charge in [-0.2, -0.15) is 0 Å². The molecule has 1 heterocycles. The van der Waals surface area contributed by atoms with E-state index in [9.17, 15) is 14.4 Å². The van der Waals surface area contributed by atoms with Crippen molar-refractivity contribution in [2.45, 2.75) is 52.5 Å². The summed E-state index contributed by atoms with van der Waals surface area (Å²) in [4.78, 5) is 41.8. The summed E-state index contributed by atoms with van der Waals surface area (Å²) in [6.45, 7) is 5.81. The van der Waals surface area contributed by atoms with Gasteiger partial charge in [0.25, 0.3) is 5.91 Å². The molecule has 7 heteroatoms. The summed E-state index contributed by atoms with van der Waals surface area (Å²) in [5.74, 6) is -0.849. The molecule has 0 saturated carbocycles. The number of hydrogen-bond acceptors (Lipinski definition) is 5. The number of aryl methyl sites for hydroxylation is 1. The van der Waals surface area contributed by atoms with Crippen LogP contribution < -0.4 is 10.6 Å². The van der Waals surface area contributed by atoms with Crippen LogP contribution in [0.25, 0.3) is 10.9 Å². The molecule has 0 unspecified atom stereocenters. The van der Waals surface area contributed by atoms with Crippen LogP contribution in [0.2, 0.25) is 0 Å². The number of rotatable bonds is 7. The third-order valence-corrected chi connectivity index (χ3v) is 5.36. The third-order valence-electron chi connectivity index (χ3n) is 5.36. The lowest BCUT2D eigenvalue weighted by molar-refractivity contribution is -0.130. The van der Waals surface area contributed by atoms with Crippen molar-refractivity contribution in [1.29, 1.82) is 0 Å². The largest absolute Gasteiger partial charge is 0.452 e. The number of ether oxygens (including phenoxy) is 1. The predicted octanol–water partition coefficient (Wildman–Crippen LogP) is 2.55. The smallest absolute Gasteiger partial charge is 0.339 e. The van der Waals surface area contributed by atoms with Crippen LogP contribution in [0.5, 0.6) is 0 Å². The average Bonchev–Trinajstić information content (AvgIpc) is 2.74. The van der Waals surface area contributed by atoms with Gasteiger partial charge in [-0.05, 0) is 50.2 Å². The monoisotopic (exact) mass is 411 g/mol. The fourth-order valence-electron chi connectivity index (χ4n) is 3.75. The molecule has 0 fully saturated rings. The fraction of sp³-hybridized carbons (Fsp3) is 0.478. The molecule has 0 saturated heterocycles. The molecular weight excluding hydrogens is 382 g/mol. The zero-order valence-electron chi connectivity index (χ0n) is 17.8. The number of carbonyl (C=O) groups excluding carboxylic acids is 3. The highest BCUT2D eigenvalue weighted by atomic mass is 16.5. The molecule has 7 nitrogen and oxygen atoms in total. The van der Waals surface area contributed by atoms with Crippen molar-refractivity contribution in [3.8, 4) is 0 Å². The van der Waals surface area contributed by atoms with E-state index in [1.807, 2.05) is 31.2 Å². The number of hydrogen-bond donors (Lipinski definition) is 2. The summed E-state index contributed by atoms with van der Waals surface area (Å²) in [7, 11) is 0. The summed E-state index contributed by atoms with van der Waals surface area (Å²) in [6.07, 6.45) is 3.44. The minimum Gasteiger partial charge on any atom is -0.452 e. The molecule has 0 aliphatic heterocycles. The van der Waals surface area contributed by atoms with E-state index in [0.717, 1.165) is 47.8 Å². The molecule has 1 aliphatic rings.